The van der Waals surface area contributed by atoms with E-state index in [2.05, 4.69) is 19.8 Å². The van der Waals surface area contributed by atoms with Crippen LogP contribution >= 0.6 is 0 Å². The highest BCUT2D eigenvalue weighted by Gasteiger charge is 2.31. The highest BCUT2D eigenvalue weighted by atomic mass is 19.4. The summed E-state index contributed by atoms with van der Waals surface area (Å²) in [5.74, 6) is 1.47. The highest BCUT2D eigenvalue weighted by molar-refractivity contribution is 5.79. The molecular formula is C24H16F3N5O4. The number of hydrogen-bond donors (Lipinski definition) is 0. The summed E-state index contributed by atoms with van der Waals surface area (Å²) in [6, 6.07) is 12.2. The maximum absolute atomic E-state index is 13.2. The van der Waals surface area contributed by atoms with Gasteiger partial charge in [0.15, 0.2) is 17.3 Å². The van der Waals surface area contributed by atoms with Gasteiger partial charge in [-0.15, -0.1) is 18.3 Å². The number of halogens is 3. The summed E-state index contributed by atoms with van der Waals surface area (Å²) >= 11 is 0. The zero-order valence-electron chi connectivity index (χ0n) is 18.4. The van der Waals surface area contributed by atoms with Gasteiger partial charge in [-0.3, -0.25) is 9.36 Å². The standard InChI is InChI=1S/C24H16F3N5O4/c25-24(26,27)36-16-4-1-3-15(12-16)31-8-7-18-17(22(31)33)13-28-23-29-21(30-32(18)23)14-5-6-19-20(11-14)35-10-2-9-34-19/h1,3-8,11-13H,2,9-10H2. The van der Waals surface area contributed by atoms with Gasteiger partial charge in [-0.2, -0.15) is 9.50 Å². The van der Waals surface area contributed by atoms with E-state index >= 15 is 0 Å². The van der Waals surface area contributed by atoms with Crippen LogP contribution in [-0.2, 0) is 0 Å². The molecule has 0 bridgehead atoms. The van der Waals surface area contributed by atoms with E-state index in [4.69, 9.17) is 9.47 Å². The van der Waals surface area contributed by atoms with Gasteiger partial charge in [0.05, 0.1) is 29.8 Å². The Morgan fingerprint density at radius 1 is 1.00 bits per heavy atom. The summed E-state index contributed by atoms with van der Waals surface area (Å²) in [6.45, 7) is 1.12. The van der Waals surface area contributed by atoms with Crippen LogP contribution < -0.4 is 19.8 Å². The van der Waals surface area contributed by atoms with Gasteiger partial charge in [-0.25, -0.2) is 4.98 Å². The van der Waals surface area contributed by atoms with Gasteiger partial charge in [0.1, 0.15) is 5.75 Å². The van der Waals surface area contributed by atoms with Crippen LogP contribution in [0.2, 0.25) is 0 Å². The normalized spacial score (nSPS) is 13.6. The third kappa shape index (κ3) is 3.96. The third-order valence-electron chi connectivity index (χ3n) is 5.57. The fraction of sp³-hybridized carbons (Fsp3) is 0.167. The molecule has 2 aromatic carbocycles. The number of pyridine rings is 1. The molecule has 0 N–H and O–H groups in total. The largest absolute Gasteiger partial charge is 0.573 e. The van der Waals surface area contributed by atoms with Crippen LogP contribution in [0.15, 0.2) is 65.7 Å². The Hall–Kier alpha value is -4.61. The van der Waals surface area contributed by atoms with E-state index in [0.717, 1.165) is 18.6 Å². The summed E-state index contributed by atoms with van der Waals surface area (Å²) in [6.07, 6.45) is -1.24. The molecule has 9 nitrogen and oxygen atoms in total. The molecule has 0 unspecified atom stereocenters. The van der Waals surface area contributed by atoms with Crippen molar-refractivity contribution < 1.29 is 27.4 Å². The van der Waals surface area contributed by atoms with Crippen molar-refractivity contribution >= 4 is 16.7 Å². The van der Waals surface area contributed by atoms with Crippen LogP contribution in [0.5, 0.6) is 17.2 Å². The van der Waals surface area contributed by atoms with E-state index in [1.807, 2.05) is 6.07 Å². The number of benzene rings is 2. The molecule has 0 radical (unpaired) electrons. The van der Waals surface area contributed by atoms with Crippen molar-refractivity contribution in [1.82, 2.24) is 24.1 Å². The molecule has 0 amide bonds. The zero-order chi connectivity index (χ0) is 24.9. The van der Waals surface area contributed by atoms with E-state index in [0.29, 0.717) is 41.6 Å². The molecule has 0 aliphatic carbocycles. The fourth-order valence-electron chi connectivity index (χ4n) is 3.98. The molecule has 1 aliphatic rings. The Morgan fingerprint density at radius 3 is 2.67 bits per heavy atom. The van der Waals surface area contributed by atoms with Crippen LogP contribution in [0.4, 0.5) is 13.2 Å². The van der Waals surface area contributed by atoms with E-state index in [9.17, 15) is 18.0 Å². The first-order valence-electron chi connectivity index (χ1n) is 10.9. The van der Waals surface area contributed by atoms with Crippen molar-refractivity contribution in [1.29, 1.82) is 0 Å². The molecular weight excluding hydrogens is 479 g/mol. The molecule has 12 heteroatoms. The minimum Gasteiger partial charge on any atom is -0.490 e. The molecule has 0 saturated carbocycles. The van der Waals surface area contributed by atoms with Crippen LogP contribution in [0, 0.1) is 0 Å². The maximum Gasteiger partial charge on any atom is 0.573 e. The average molecular weight is 495 g/mol. The Bertz CT molecular complexity index is 1680. The van der Waals surface area contributed by atoms with Crippen molar-refractivity contribution in [2.45, 2.75) is 12.8 Å². The average Bonchev–Trinajstić information content (AvgIpc) is 3.15. The second kappa shape index (κ2) is 8.26. The summed E-state index contributed by atoms with van der Waals surface area (Å²) in [5, 5.41) is 4.75. The molecule has 3 aromatic heterocycles. The first-order valence-corrected chi connectivity index (χ1v) is 10.9. The number of hydrogen-bond acceptors (Lipinski definition) is 7. The quantitative estimate of drug-likeness (QED) is 0.371. The van der Waals surface area contributed by atoms with E-state index in [1.165, 1.54) is 33.6 Å². The smallest absolute Gasteiger partial charge is 0.490 e. The lowest BCUT2D eigenvalue weighted by molar-refractivity contribution is -0.274. The predicted octanol–water partition coefficient (Wildman–Crippen LogP) is 4.16. The number of aromatic nitrogens is 5. The number of fused-ring (bicyclic) bond motifs is 4. The van der Waals surface area contributed by atoms with Gasteiger partial charge in [0.2, 0.25) is 0 Å². The van der Waals surface area contributed by atoms with Crippen molar-refractivity contribution in [3.63, 3.8) is 0 Å². The third-order valence-corrected chi connectivity index (χ3v) is 5.57. The van der Waals surface area contributed by atoms with Crippen LogP contribution in [0.1, 0.15) is 6.42 Å². The zero-order valence-corrected chi connectivity index (χ0v) is 18.4. The molecule has 4 heterocycles. The van der Waals surface area contributed by atoms with Gasteiger partial charge < -0.3 is 14.2 Å². The van der Waals surface area contributed by atoms with Gasteiger partial charge in [0, 0.05) is 30.4 Å². The Balaban J connectivity index is 1.42. The fourth-order valence-corrected chi connectivity index (χ4v) is 3.98. The first kappa shape index (κ1) is 21.9. The lowest BCUT2D eigenvalue weighted by Crippen LogP contribution is -2.20. The Kier molecular flexibility index (Phi) is 5.02. The molecule has 0 spiro atoms. The number of nitrogens with zero attached hydrogens (tertiary/aromatic N) is 5. The molecule has 5 aromatic rings. The van der Waals surface area contributed by atoms with Crippen LogP contribution in [-0.4, -0.2) is 43.7 Å². The van der Waals surface area contributed by atoms with Gasteiger partial charge in [0.25, 0.3) is 11.3 Å². The highest BCUT2D eigenvalue weighted by Crippen LogP contribution is 2.33. The molecule has 1 aliphatic heterocycles. The Labute approximate surface area is 200 Å². The first-order chi connectivity index (χ1) is 17.4. The topological polar surface area (TPSA) is 92.8 Å². The van der Waals surface area contributed by atoms with Crippen LogP contribution in [0.25, 0.3) is 33.8 Å². The summed E-state index contributed by atoms with van der Waals surface area (Å²) in [7, 11) is 0. The van der Waals surface area contributed by atoms with Crippen molar-refractivity contribution in [3.8, 4) is 34.3 Å². The molecule has 6 rings (SSSR count). The van der Waals surface area contributed by atoms with E-state index in [1.54, 1.807) is 18.2 Å². The lowest BCUT2D eigenvalue weighted by atomic mass is 10.2. The van der Waals surface area contributed by atoms with Crippen molar-refractivity contribution in [3.05, 3.63) is 71.3 Å². The van der Waals surface area contributed by atoms with Crippen LogP contribution in [0.3, 0.4) is 0 Å². The molecule has 0 saturated heterocycles. The van der Waals surface area contributed by atoms with E-state index < -0.39 is 17.7 Å². The molecule has 0 fully saturated rings. The Morgan fingerprint density at radius 2 is 1.83 bits per heavy atom. The van der Waals surface area contributed by atoms with Crippen molar-refractivity contribution in [2.24, 2.45) is 0 Å². The minimum absolute atomic E-state index is 0.204. The number of alkyl halides is 3. The minimum atomic E-state index is -4.84. The molecule has 36 heavy (non-hydrogen) atoms. The van der Waals surface area contributed by atoms with Crippen molar-refractivity contribution in [2.75, 3.05) is 13.2 Å². The van der Waals surface area contributed by atoms with Gasteiger partial charge in [-0.1, -0.05) is 6.07 Å². The number of ether oxygens (including phenoxy) is 3. The second-order valence-corrected chi connectivity index (χ2v) is 7.95. The summed E-state index contributed by atoms with van der Waals surface area (Å²) in [4.78, 5) is 21.9. The molecule has 0 atom stereocenters. The summed E-state index contributed by atoms with van der Waals surface area (Å²) in [5.41, 5.74) is 0.846. The summed E-state index contributed by atoms with van der Waals surface area (Å²) < 4.78 is 55.9. The molecule has 182 valence electrons. The van der Waals surface area contributed by atoms with E-state index in [-0.39, 0.29) is 16.9 Å². The lowest BCUT2D eigenvalue weighted by Gasteiger charge is -2.11. The maximum atomic E-state index is 13.2. The van der Waals surface area contributed by atoms with Gasteiger partial charge in [-0.05, 0) is 36.4 Å². The number of rotatable bonds is 3. The van der Waals surface area contributed by atoms with Gasteiger partial charge >= 0.3 is 6.36 Å². The predicted molar refractivity (Wildman–Crippen MR) is 122 cm³/mol. The monoisotopic (exact) mass is 495 g/mol. The second-order valence-electron chi connectivity index (χ2n) is 7.95. The SMILES string of the molecule is O=c1c2cnc3nc(-c4ccc5c(c4)OCCCO5)nn3c2ccn1-c1cccc(OC(F)(F)F)c1.